The molecule has 2 saturated heterocycles. The molecule has 1 atom stereocenters. The first-order valence-electron chi connectivity index (χ1n) is 8.06. The van der Waals surface area contributed by atoms with Gasteiger partial charge in [0.2, 0.25) is 0 Å². The second-order valence-electron chi connectivity index (χ2n) is 6.12. The molecule has 1 aromatic heterocycles. The lowest BCUT2D eigenvalue weighted by molar-refractivity contribution is 0.174. The van der Waals surface area contributed by atoms with Crippen LogP contribution in [-0.4, -0.2) is 49.2 Å². The minimum Gasteiger partial charge on any atom is -0.353 e. The highest BCUT2D eigenvalue weighted by molar-refractivity contribution is 5.44. The van der Waals surface area contributed by atoms with Crippen molar-refractivity contribution in [2.75, 3.05) is 38.1 Å². The van der Waals surface area contributed by atoms with Gasteiger partial charge in [0.05, 0.1) is 0 Å². The van der Waals surface area contributed by atoms with Crippen molar-refractivity contribution in [2.45, 2.75) is 38.3 Å². The molecule has 1 aromatic rings. The van der Waals surface area contributed by atoms with E-state index in [0.29, 0.717) is 24.0 Å². The zero-order chi connectivity index (χ0) is 14.7. The second-order valence-corrected chi connectivity index (χ2v) is 6.12. The fraction of sp³-hybridized carbons (Fsp3) is 0.688. The van der Waals surface area contributed by atoms with Gasteiger partial charge >= 0.3 is 0 Å². The molecule has 2 fully saturated rings. The number of nitrogens with zero attached hydrogens (tertiary/aromatic N) is 3. The first-order chi connectivity index (χ1) is 10.3. The summed E-state index contributed by atoms with van der Waals surface area (Å²) in [6.07, 6.45) is 6.81. The van der Waals surface area contributed by atoms with Gasteiger partial charge in [0.1, 0.15) is 0 Å². The first-order valence-corrected chi connectivity index (χ1v) is 8.06. The minimum absolute atomic E-state index is 0.161. The van der Waals surface area contributed by atoms with Gasteiger partial charge in [-0.15, -0.1) is 0 Å². The van der Waals surface area contributed by atoms with Crippen molar-refractivity contribution >= 4 is 5.82 Å². The predicted molar refractivity (Wildman–Crippen MR) is 83.0 cm³/mol. The second kappa shape index (κ2) is 6.71. The number of halogens is 1. The maximum Gasteiger partial charge on any atom is 0.170 e. The minimum atomic E-state index is -0.161. The van der Waals surface area contributed by atoms with Crippen LogP contribution in [0.15, 0.2) is 12.3 Å². The zero-order valence-corrected chi connectivity index (χ0v) is 12.8. The largest absolute Gasteiger partial charge is 0.353 e. The average Bonchev–Trinajstić information content (AvgIpc) is 3.00. The Hall–Kier alpha value is -1.20. The summed E-state index contributed by atoms with van der Waals surface area (Å²) in [5.74, 6) is 0.369. The van der Waals surface area contributed by atoms with Crippen molar-refractivity contribution < 1.29 is 4.39 Å². The van der Waals surface area contributed by atoms with Crippen LogP contribution in [0, 0.1) is 5.82 Å². The highest BCUT2D eigenvalue weighted by Crippen LogP contribution is 2.26. The average molecular weight is 292 g/mol. The summed E-state index contributed by atoms with van der Waals surface area (Å²) in [4.78, 5) is 8.99. The van der Waals surface area contributed by atoms with E-state index in [2.05, 4.69) is 20.1 Å². The van der Waals surface area contributed by atoms with Crippen molar-refractivity contribution in [3.8, 4) is 0 Å². The summed E-state index contributed by atoms with van der Waals surface area (Å²) in [5.41, 5.74) is 0.698. The van der Waals surface area contributed by atoms with Gasteiger partial charge in [-0.1, -0.05) is 6.42 Å². The van der Waals surface area contributed by atoms with Crippen LogP contribution in [0.1, 0.15) is 31.2 Å². The molecule has 21 heavy (non-hydrogen) atoms. The van der Waals surface area contributed by atoms with Crippen LogP contribution in [0.5, 0.6) is 0 Å². The lowest BCUT2D eigenvalue weighted by atomic mass is 10.1. The Morgan fingerprint density at radius 2 is 2.10 bits per heavy atom. The summed E-state index contributed by atoms with van der Waals surface area (Å²) in [6, 6.07) is 2.33. The van der Waals surface area contributed by atoms with Crippen molar-refractivity contribution in [3.05, 3.63) is 23.6 Å². The molecule has 0 aliphatic carbocycles. The van der Waals surface area contributed by atoms with E-state index in [0.717, 1.165) is 19.5 Å². The number of aromatic nitrogens is 1. The summed E-state index contributed by atoms with van der Waals surface area (Å²) in [6.45, 7) is 4.77. The third kappa shape index (κ3) is 3.19. The molecule has 1 unspecified atom stereocenters. The molecule has 3 rings (SSSR count). The number of piperidine rings is 1. The van der Waals surface area contributed by atoms with Crippen LogP contribution >= 0.6 is 0 Å². The number of pyridine rings is 1. The van der Waals surface area contributed by atoms with E-state index in [4.69, 9.17) is 0 Å². The predicted octanol–water partition coefficient (Wildman–Crippen LogP) is 2.00. The molecule has 2 aliphatic heterocycles. The van der Waals surface area contributed by atoms with Crippen molar-refractivity contribution in [2.24, 2.45) is 0 Å². The molecule has 2 aliphatic rings. The zero-order valence-electron chi connectivity index (χ0n) is 12.8. The van der Waals surface area contributed by atoms with E-state index in [1.54, 1.807) is 12.3 Å². The van der Waals surface area contributed by atoms with Crippen LogP contribution < -0.4 is 10.2 Å². The van der Waals surface area contributed by atoms with Crippen LogP contribution in [0.4, 0.5) is 10.2 Å². The van der Waals surface area contributed by atoms with E-state index in [9.17, 15) is 4.39 Å². The molecule has 5 heteroatoms. The number of likely N-dealkylation sites (tertiary alicyclic amines) is 1. The topological polar surface area (TPSA) is 31.4 Å². The van der Waals surface area contributed by atoms with Crippen molar-refractivity contribution in [1.82, 2.24) is 15.2 Å². The molecular weight excluding hydrogens is 267 g/mol. The lowest BCUT2D eigenvalue weighted by Gasteiger charge is -2.32. The fourth-order valence-electron chi connectivity index (χ4n) is 3.53. The van der Waals surface area contributed by atoms with E-state index in [-0.39, 0.29) is 5.82 Å². The van der Waals surface area contributed by atoms with Gasteiger partial charge in [-0.3, -0.25) is 4.90 Å². The molecular formula is C16H25FN4. The summed E-state index contributed by atoms with van der Waals surface area (Å²) in [7, 11) is 1.84. The third-order valence-electron chi connectivity index (χ3n) is 4.69. The first kappa shape index (κ1) is 14.7. The molecule has 0 saturated carbocycles. The van der Waals surface area contributed by atoms with Gasteiger partial charge in [0.25, 0.3) is 0 Å². The Morgan fingerprint density at radius 1 is 1.29 bits per heavy atom. The van der Waals surface area contributed by atoms with Gasteiger partial charge in [-0.05, 0) is 45.5 Å². The number of hydrogen-bond donors (Lipinski definition) is 1. The van der Waals surface area contributed by atoms with E-state index in [1.165, 1.54) is 32.4 Å². The molecule has 0 bridgehead atoms. The van der Waals surface area contributed by atoms with Crippen molar-refractivity contribution in [3.63, 3.8) is 0 Å². The SMILES string of the molecule is CNCc1ccnc(N2CCC(N3CCCCC3)C2)c1F. The molecule has 0 radical (unpaired) electrons. The summed E-state index contributed by atoms with van der Waals surface area (Å²) in [5, 5.41) is 3.01. The standard InChI is InChI=1S/C16H25FN4/c1-18-11-13-5-7-19-16(15(13)17)21-10-6-14(12-21)20-8-3-2-4-9-20/h5,7,14,18H,2-4,6,8-12H2,1H3. The third-order valence-corrected chi connectivity index (χ3v) is 4.69. The molecule has 0 aromatic carbocycles. The quantitative estimate of drug-likeness (QED) is 0.920. The van der Waals surface area contributed by atoms with E-state index >= 15 is 0 Å². The smallest absolute Gasteiger partial charge is 0.170 e. The maximum atomic E-state index is 14.5. The van der Waals surface area contributed by atoms with Gasteiger partial charge in [-0.25, -0.2) is 9.37 Å². The Morgan fingerprint density at radius 3 is 2.86 bits per heavy atom. The van der Waals surface area contributed by atoms with Crippen LogP contribution in [0.25, 0.3) is 0 Å². The summed E-state index contributed by atoms with van der Waals surface area (Å²) >= 11 is 0. The van der Waals surface area contributed by atoms with Crippen LogP contribution in [0.2, 0.25) is 0 Å². The summed E-state index contributed by atoms with van der Waals surface area (Å²) < 4.78 is 14.5. The van der Waals surface area contributed by atoms with Crippen LogP contribution in [-0.2, 0) is 6.54 Å². The molecule has 116 valence electrons. The monoisotopic (exact) mass is 292 g/mol. The molecule has 0 spiro atoms. The molecule has 3 heterocycles. The Labute approximate surface area is 126 Å². The fourth-order valence-corrected chi connectivity index (χ4v) is 3.53. The van der Waals surface area contributed by atoms with Crippen LogP contribution in [0.3, 0.4) is 0 Å². The molecule has 0 amide bonds. The van der Waals surface area contributed by atoms with Gasteiger partial charge < -0.3 is 10.2 Å². The molecule has 1 N–H and O–H groups in total. The number of rotatable bonds is 4. The Balaban J connectivity index is 1.69. The highest BCUT2D eigenvalue weighted by atomic mass is 19.1. The van der Waals surface area contributed by atoms with Gasteiger partial charge in [0, 0.05) is 37.4 Å². The number of nitrogens with one attached hydrogen (secondary N) is 1. The van der Waals surface area contributed by atoms with Crippen molar-refractivity contribution in [1.29, 1.82) is 0 Å². The van der Waals surface area contributed by atoms with E-state index in [1.807, 2.05) is 7.05 Å². The maximum absolute atomic E-state index is 14.5. The number of anilines is 1. The number of hydrogen-bond acceptors (Lipinski definition) is 4. The Bertz CT molecular complexity index is 473. The van der Waals surface area contributed by atoms with Gasteiger partial charge in [-0.2, -0.15) is 0 Å². The Kier molecular flexibility index (Phi) is 4.70. The lowest BCUT2D eigenvalue weighted by Crippen LogP contribution is -2.41. The van der Waals surface area contributed by atoms with E-state index < -0.39 is 0 Å². The normalized spacial score (nSPS) is 23.7. The molecule has 4 nitrogen and oxygen atoms in total. The van der Waals surface area contributed by atoms with Gasteiger partial charge in [0.15, 0.2) is 11.6 Å². The highest BCUT2D eigenvalue weighted by Gasteiger charge is 2.30.